The molecule has 0 unspecified atom stereocenters. The maximum absolute atomic E-state index is 11.8. The number of nitrogens with one attached hydrogen (secondary N) is 1. The van der Waals surface area contributed by atoms with Crippen molar-refractivity contribution in [3.05, 3.63) is 17.8 Å². The SMILES string of the molecule is CNc1ccc(C(=O)N(C)CCOC)nn1. The maximum Gasteiger partial charge on any atom is 0.274 e. The summed E-state index contributed by atoms with van der Waals surface area (Å²) >= 11 is 0. The van der Waals surface area contributed by atoms with Crippen molar-refractivity contribution in [1.29, 1.82) is 0 Å². The minimum atomic E-state index is -0.160. The Hall–Kier alpha value is -1.69. The van der Waals surface area contributed by atoms with Gasteiger partial charge >= 0.3 is 0 Å². The van der Waals surface area contributed by atoms with Gasteiger partial charge in [-0.1, -0.05) is 0 Å². The summed E-state index contributed by atoms with van der Waals surface area (Å²) < 4.78 is 4.90. The number of rotatable bonds is 5. The van der Waals surface area contributed by atoms with Crippen molar-refractivity contribution in [2.75, 3.05) is 39.7 Å². The lowest BCUT2D eigenvalue weighted by molar-refractivity contribution is 0.0737. The van der Waals surface area contributed by atoms with E-state index >= 15 is 0 Å². The third kappa shape index (κ3) is 3.16. The number of amides is 1. The molecule has 1 amide bonds. The predicted molar refractivity (Wildman–Crippen MR) is 60.4 cm³/mol. The molecule has 0 aromatic carbocycles. The smallest absolute Gasteiger partial charge is 0.274 e. The molecule has 1 rings (SSSR count). The van der Waals surface area contributed by atoms with Gasteiger partial charge in [0.2, 0.25) is 0 Å². The summed E-state index contributed by atoms with van der Waals surface area (Å²) in [5.74, 6) is 0.475. The Labute approximate surface area is 94.6 Å². The van der Waals surface area contributed by atoms with Crippen LogP contribution in [0.4, 0.5) is 5.82 Å². The first-order chi connectivity index (χ1) is 7.69. The second kappa shape index (κ2) is 6.02. The van der Waals surface area contributed by atoms with Crippen LogP contribution in [-0.2, 0) is 4.74 Å². The number of anilines is 1. The first kappa shape index (κ1) is 12.4. The Kier molecular flexibility index (Phi) is 4.65. The summed E-state index contributed by atoms with van der Waals surface area (Å²) in [7, 11) is 5.05. The number of carbonyl (C=O) groups excluding carboxylic acids is 1. The molecule has 0 aliphatic heterocycles. The fourth-order valence-corrected chi connectivity index (χ4v) is 1.10. The van der Waals surface area contributed by atoms with Crippen molar-refractivity contribution < 1.29 is 9.53 Å². The summed E-state index contributed by atoms with van der Waals surface area (Å²) in [6.07, 6.45) is 0. The summed E-state index contributed by atoms with van der Waals surface area (Å²) in [5.41, 5.74) is 0.331. The van der Waals surface area contributed by atoms with Crippen LogP contribution in [-0.4, -0.2) is 55.4 Å². The van der Waals surface area contributed by atoms with Gasteiger partial charge in [0, 0.05) is 27.7 Å². The molecular weight excluding hydrogens is 208 g/mol. The molecule has 0 saturated carbocycles. The van der Waals surface area contributed by atoms with E-state index in [1.165, 1.54) is 0 Å². The number of carbonyl (C=O) groups is 1. The fourth-order valence-electron chi connectivity index (χ4n) is 1.10. The Morgan fingerprint density at radius 2 is 2.25 bits per heavy atom. The van der Waals surface area contributed by atoms with Crippen LogP contribution in [0.3, 0.4) is 0 Å². The predicted octanol–water partition coefficient (Wildman–Crippen LogP) is 0.237. The maximum atomic E-state index is 11.8. The highest BCUT2D eigenvalue weighted by molar-refractivity contribution is 5.92. The minimum Gasteiger partial charge on any atom is -0.383 e. The molecule has 1 aromatic rings. The highest BCUT2D eigenvalue weighted by atomic mass is 16.5. The Balaban J connectivity index is 2.64. The van der Waals surface area contributed by atoms with Gasteiger partial charge in [0.15, 0.2) is 5.69 Å². The van der Waals surface area contributed by atoms with Crippen molar-refractivity contribution in [2.45, 2.75) is 0 Å². The molecule has 0 bridgehead atoms. The van der Waals surface area contributed by atoms with E-state index in [-0.39, 0.29) is 5.91 Å². The molecule has 88 valence electrons. The lowest BCUT2D eigenvalue weighted by Crippen LogP contribution is -2.30. The van der Waals surface area contributed by atoms with Crippen LogP contribution in [0.25, 0.3) is 0 Å². The molecule has 6 nitrogen and oxygen atoms in total. The average molecular weight is 224 g/mol. The molecule has 16 heavy (non-hydrogen) atoms. The molecule has 1 aromatic heterocycles. The second-order valence-corrected chi connectivity index (χ2v) is 3.27. The zero-order chi connectivity index (χ0) is 12.0. The number of ether oxygens (including phenoxy) is 1. The van der Waals surface area contributed by atoms with Gasteiger partial charge in [-0.15, -0.1) is 10.2 Å². The number of aromatic nitrogens is 2. The molecule has 0 spiro atoms. The van der Waals surface area contributed by atoms with Gasteiger partial charge in [-0.05, 0) is 12.1 Å². The van der Waals surface area contributed by atoms with Crippen LogP contribution in [0.5, 0.6) is 0 Å². The summed E-state index contributed by atoms with van der Waals surface area (Å²) in [4.78, 5) is 13.3. The zero-order valence-electron chi connectivity index (χ0n) is 9.73. The second-order valence-electron chi connectivity index (χ2n) is 3.27. The molecule has 0 aliphatic carbocycles. The average Bonchev–Trinajstić information content (AvgIpc) is 2.35. The number of methoxy groups -OCH3 is 1. The van der Waals surface area contributed by atoms with Gasteiger partial charge in [0.1, 0.15) is 5.82 Å². The molecule has 0 atom stereocenters. The minimum absolute atomic E-state index is 0.160. The van der Waals surface area contributed by atoms with Crippen LogP contribution in [0, 0.1) is 0 Å². The monoisotopic (exact) mass is 224 g/mol. The molecule has 1 heterocycles. The zero-order valence-corrected chi connectivity index (χ0v) is 9.73. The third-order valence-electron chi connectivity index (χ3n) is 2.12. The van der Waals surface area contributed by atoms with Crippen LogP contribution in [0.15, 0.2) is 12.1 Å². The first-order valence-electron chi connectivity index (χ1n) is 4.95. The van der Waals surface area contributed by atoms with Gasteiger partial charge in [0.25, 0.3) is 5.91 Å². The van der Waals surface area contributed by atoms with Crippen LogP contribution in [0.1, 0.15) is 10.5 Å². The Bertz CT molecular complexity index is 339. The normalized spacial score (nSPS) is 9.94. The molecule has 1 N–H and O–H groups in total. The van der Waals surface area contributed by atoms with Crippen molar-refractivity contribution in [1.82, 2.24) is 15.1 Å². The Morgan fingerprint density at radius 1 is 1.50 bits per heavy atom. The molecule has 6 heteroatoms. The van der Waals surface area contributed by atoms with E-state index < -0.39 is 0 Å². The standard InChI is InChI=1S/C10H16N4O2/c1-11-9-5-4-8(12-13-9)10(15)14(2)6-7-16-3/h4-5H,6-7H2,1-3H3,(H,11,13). The Morgan fingerprint density at radius 3 is 2.75 bits per heavy atom. The van der Waals surface area contributed by atoms with E-state index in [0.29, 0.717) is 24.7 Å². The van der Waals surface area contributed by atoms with Crippen LogP contribution in [0.2, 0.25) is 0 Å². The largest absolute Gasteiger partial charge is 0.383 e. The van der Waals surface area contributed by atoms with Crippen LogP contribution < -0.4 is 5.32 Å². The van der Waals surface area contributed by atoms with Gasteiger partial charge in [0.05, 0.1) is 6.61 Å². The highest BCUT2D eigenvalue weighted by Crippen LogP contribution is 2.03. The van der Waals surface area contributed by atoms with E-state index in [1.807, 2.05) is 0 Å². The molecule has 0 radical (unpaired) electrons. The first-order valence-corrected chi connectivity index (χ1v) is 4.95. The topological polar surface area (TPSA) is 67.4 Å². The molecule has 0 saturated heterocycles. The van der Waals surface area contributed by atoms with Crippen molar-refractivity contribution in [2.24, 2.45) is 0 Å². The van der Waals surface area contributed by atoms with Gasteiger partial charge < -0.3 is 15.0 Å². The number of hydrogen-bond acceptors (Lipinski definition) is 5. The fraction of sp³-hybridized carbons (Fsp3) is 0.500. The van der Waals surface area contributed by atoms with E-state index in [1.54, 1.807) is 38.2 Å². The highest BCUT2D eigenvalue weighted by Gasteiger charge is 2.12. The van der Waals surface area contributed by atoms with E-state index in [4.69, 9.17) is 4.74 Å². The third-order valence-corrected chi connectivity index (χ3v) is 2.12. The van der Waals surface area contributed by atoms with Gasteiger partial charge in [-0.25, -0.2) is 0 Å². The summed E-state index contributed by atoms with van der Waals surface area (Å²) in [6, 6.07) is 3.36. The number of likely N-dealkylation sites (N-methyl/N-ethyl adjacent to an activating group) is 1. The van der Waals surface area contributed by atoms with Crippen LogP contribution >= 0.6 is 0 Å². The lowest BCUT2D eigenvalue weighted by atomic mass is 10.3. The van der Waals surface area contributed by atoms with E-state index in [9.17, 15) is 4.79 Å². The van der Waals surface area contributed by atoms with E-state index in [0.717, 1.165) is 0 Å². The summed E-state index contributed by atoms with van der Waals surface area (Å²) in [6.45, 7) is 1.04. The van der Waals surface area contributed by atoms with Crippen molar-refractivity contribution in [3.63, 3.8) is 0 Å². The van der Waals surface area contributed by atoms with E-state index in [2.05, 4.69) is 15.5 Å². The number of nitrogens with zero attached hydrogens (tertiary/aromatic N) is 3. The molecule has 0 fully saturated rings. The molecule has 0 aliphatic rings. The summed E-state index contributed by atoms with van der Waals surface area (Å²) in [5, 5.41) is 10.5. The lowest BCUT2D eigenvalue weighted by Gasteiger charge is -2.15. The molecular formula is C10H16N4O2. The van der Waals surface area contributed by atoms with Gasteiger partial charge in [-0.2, -0.15) is 0 Å². The van der Waals surface area contributed by atoms with Crippen molar-refractivity contribution in [3.8, 4) is 0 Å². The quantitative estimate of drug-likeness (QED) is 0.775. The number of hydrogen-bond donors (Lipinski definition) is 1. The van der Waals surface area contributed by atoms with Crippen molar-refractivity contribution >= 4 is 11.7 Å². The van der Waals surface area contributed by atoms with Gasteiger partial charge in [-0.3, -0.25) is 4.79 Å².